The molecular weight excluding hydrogens is 412 g/mol. The van der Waals surface area contributed by atoms with E-state index >= 15 is 0 Å². The SMILES string of the molecule is CCOc1cccc(CN(C)C(=O)c2cccc(S(=O)(=O)Nc3ccccc3C)c2)c1. The highest BCUT2D eigenvalue weighted by Gasteiger charge is 2.19. The van der Waals surface area contributed by atoms with E-state index in [-0.39, 0.29) is 10.8 Å². The van der Waals surface area contributed by atoms with Crippen LogP contribution in [0.5, 0.6) is 5.75 Å². The zero-order valence-electron chi connectivity index (χ0n) is 17.8. The van der Waals surface area contributed by atoms with Crippen LogP contribution in [0.3, 0.4) is 0 Å². The molecule has 0 spiro atoms. The van der Waals surface area contributed by atoms with Crippen LogP contribution < -0.4 is 9.46 Å². The molecule has 0 saturated heterocycles. The number of nitrogens with zero attached hydrogens (tertiary/aromatic N) is 1. The molecule has 0 atom stereocenters. The molecule has 0 unspecified atom stereocenters. The lowest BCUT2D eigenvalue weighted by molar-refractivity contribution is 0.0784. The van der Waals surface area contributed by atoms with Crippen LogP contribution in [0.15, 0.2) is 77.7 Å². The Labute approximate surface area is 183 Å². The number of ether oxygens (including phenoxy) is 1. The Morgan fingerprint density at radius 2 is 1.74 bits per heavy atom. The highest BCUT2D eigenvalue weighted by Crippen LogP contribution is 2.21. The average Bonchev–Trinajstić information content (AvgIpc) is 2.75. The Hall–Kier alpha value is -3.32. The summed E-state index contributed by atoms with van der Waals surface area (Å²) in [6.45, 7) is 4.68. The summed E-state index contributed by atoms with van der Waals surface area (Å²) >= 11 is 0. The van der Waals surface area contributed by atoms with Crippen molar-refractivity contribution in [1.29, 1.82) is 0 Å². The predicted octanol–water partition coefficient (Wildman–Crippen LogP) is 4.47. The van der Waals surface area contributed by atoms with E-state index in [9.17, 15) is 13.2 Å². The third-order valence-corrected chi connectivity index (χ3v) is 6.12. The highest BCUT2D eigenvalue weighted by molar-refractivity contribution is 7.92. The number of rotatable bonds is 8. The molecule has 0 aliphatic carbocycles. The predicted molar refractivity (Wildman–Crippen MR) is 122 cm³/mol. The van der Waals surface area contributed by atoms with Crippen molar-refractivity contribution in [2.45, 2.75) is 25.3 Å². The van der Waals surface area contributed by atoms with Gasteiger partial charge in [-0.05, 0) is 61.4 Å². The van der Waals surface area contributed by atoms with Gasteiger partial charge in [-0.25, -0.2) is 8.42 Å². The summed E-state index contributed by atoms with van der Waals surface area (Å²) in [6.07, 6.45) is 0. The molecular formula is C24H26N2O4S. The van der Waals surface area contributed by atoms with Gasteiger partial charge in [-0.3, -0.25) is 9.52 Å². The number of carbonyl (C=O) groups is 1. The summed E-state index contributed by atoms with van der Waals surface area (Å²) < 4.78 is 33.8. The Morgan fingerprint density at radius 1 is 1.00 bits per heavy atom. The van der Waals surface area contributed by atoms with Crippen LogP contribution in [0.25, 0.3) is 0 Å². The van der Waals surface area contributed by atoms with Crippen LogP contribution in [0.2, 0.25) is 0 Å². The summed E-state index contributed by atoms with van der Waals surface area (Å²) in [5.74, 6) is 0.478. The van der Waals surface area contributed by atoms with Gasteiger partial charge in [0.2, 0.25) is 0 Å². The van der Waals surface area contributed by atoms with Crippen LogP contribution in [-0.4, -0.2) is 32.9 Å². The van der Waals surface area contributed by atoms with Crippen molar-refractivity contribution in [3.8, 4) is 5.75 Å². The molecule has 1 amide bonds. The molecule has 6 nitrogen and oxygen atoms in total. The minimum absolute atomic E-state index is 0.0355. The van der Waals surface area contributed by atoms with Crippen LogP contribution in [0.1, 0.15) is 28.4 Å². The molecule has 0 fully saturated rings. The van der Waals surface area contributed by atoms with Gasteiger partial charge in [0.15, 0.2) is 0 Å². The highest BCUT2D eigenvalue weighted by atomic mass is 32.2. The lowest BCUT2D eigenvalue weighted by Crippen LogP contribution is -2.26. The maximum atomic E-state index is 12.9. The molecule has 0 bridgehead atoms. The van der Waals surface area contributed by atoms with Gasteiger partial charge in [0, 0.05) is 19.2 Å². The minimum atomic E-state index is -3.83. The van der Waals surface area contributed by atoms with E-state index in [1.54, 1.807) is 36.2 Å². The average molecular weight is 439 g/mol. The molecule has 31 heavy (non-hydrogen) atoms. The molecule has 7 heteroatoms. The molecule has 0 saturated carbocycles. The molecule has 3 aromatic rings. The first-order valence-corrected chi connectivity index (χ1v) is 11.4. The fourth-order valence-electron chi connectivity index (χ4n) is 3.15. The molecule has 0 heterocycles. The lowest BCUT2D eigenvalue weighted by atomic mass is 10.1. The van der Waals surface area contributed by atoms with Crippen LogP contribution in [-0.2, 0) is 16.6 Å². The quantitative estimate of drug-likeness (QED) is 0.563. The van der Waals surface area contributed by atoms with Gasteiger partial charge < -0.3 is 9.64 Å². The standard InChI is InChI=1S/C24H26N2O4S/c1-4-30-21-12-7-10-19(15-21)17-26(3)24(27)20-11-8-13-22(16-20)31(28,29)25-23-14-6-5-9-18(23)2/h5-16,25H,4,17H2,1-3H3. The third kappa shape index (κ3) is 5.64. The summed E-state index contributed by atoms with van der Waals surface area (Å²) in [4.78, 5) is 14.5. The Balaban J connectivity index is 1.78. The zero-order valence-corrected chi connectivity index (χ0v) is 18.6. The van der Waals surface area contributed by atoms with E-state index in [1.165, 1.54) is 12.1 Å². The van der Waals surface area contributed by atoms with Crippen molar-refractivity contribution in [3.63, 3.8) is 0 Å². The Morgan fingerprint density at radius 3 is 2.48 bits per heavy atom. The first-order valence-electron chi connectivity index (χ1n) is 9.96. The molecule has 3 rings (SSSR count). The number of benzene rings is 3. The molecule has 3 aromatic carbocycles. The molecule has 0 aromatic heterocycles. The van der Waals surface area contributed by atoms with E-state index < -0.39 is 10.0 Å². The first-order chi connectivity index (χ1) is 14.8. The molecule has 162 valence electrons. The number of aryl methyl sites for hydroxylation is 1. The van der Waals surface area contributed by atoms with E-state index in [1.807, 2.05) is 50.2 Å². The van der Waals surface area contributed by atoms with E-state index in [0.29, 0.717) is 24.4 Å². The maximum Gasteiger partial charge on any atom is 0.261 e. The van der Waals surface area contributed by atoms with Crippen LogP contribution in [0, 0.1) is 6.92 Å². The number of carbonyl (C=O) groups excluding carboxylic acids is 1. The van der Waals surface area contributed by atoms with Gasteiger partial charge in [-0.15, -0.1) is 0 Å². The molecule has 1 N–H and O–H groups in total. The van der Waals surface area contributed by atoms with Gasteiger partial charge in [0.05, 0.1) is 17.2 Å². The van der Waals surface area contributed by atoms with Crippen molar-refractivity contribution >= 4 is 21.6 Å². The normalized spacial score (nSPS) is 11.1. The topological polar surface area (TPSA) is 75.7 Å². The van der Waals surface area contributed by atoms with Crippen molar-refractivity contribution in [2.24, 2.45) is 0 Å². The second-order valence-electron chi connectivity index (χ2n) is 7.19. The number of para-hydroxylation sites is 1. The maximum absolute atomic E-state index is 12.9. The largest absolute Gasteiger partial charge is 0.494 e. The molecule has 0 aliphatic rings. The third-order valence-electron chi connectivity index (χ3n) is 4.76. The smallest absolute Gasteiger partial charge is 0.261 e. The number of sulfonamides is 1. The number of anilines is 1. The second-order valence-corrected chi connectivity index (χ2v) is 8.87. The van der Waals surface area contributed by atoms with Gasteiger partial charge in [-0.1, -0.05) is 36.4 Å². The number of hydrogen-bond donors (Lipinski definition) is 1. The second kappa shape index (κ2) is 9.66. The van der Waals surface area contributed by atoms with E-state index in [2.05, 4.69) is 4.72 Å². The van der Waals surface area contributed by atoms with Crippen molar-refractivity contribution in [3.05, 3.63) is 89.5 Å². The summed E-state index contributed by atoms with van der Waals surface area (Å²) in [7, 11) is -2.14. The first kappa shape index (κ1) is 22.4. The fraction of sp³-hybridized carbons (Fsp3) is 0.208. The van der Waals surface area contributed by atoms with Gasteiger partial charge in [0.1, 0.15) is 5.75 Å². The van der Waals surface area contributed by atoms with Crippen LogP contribution >= 0.6 is 0 Å². The monoisotopic (exact) mass is 438 g/mol. The number of amides is 1. The number of nitrogens with one attached hydrogen (secondary N) is 1. The number of hydrogen-bond acceptors (Lipinski definition) is 4. The van der Waals surface area contributed by atoms with Gasteiger partial charge in [0.25, 0.3) is 15.9 Å². The van der Waals surface area contributed by atoms with Gasteiger partial charge in [-0.2, -0.15) is 0 Å². The zero-order chi connectivity index (χ0) is 22.4. The molecule has 0 radical (unpaired) electrons. The summed E-state index contributed by atoms with van der Waals surface area (Å²) in [5.41, 5.74) is 2.54. The Kier molecular flexibility index (Phi) is 6.97. The van der Waals surface area contributed by atoms with Crippen molar-refractivity contribution < 1.29 is 17.9 Å². The van der Waals surface area contributed by atoms with Gasteiger partial charge >= 0.3 is 0 Å². The lowest BCUT2D eigenvalue weighted by Gasteiger charge is -2.18. The van der Waals surface area contributed by atoms with E-state index in [0.717, 1.165) is 16.9 Å². The minimum Gasteiger partial charge on any atom is -0.494 e. The Bertz CT molecular complexity index is 1180. The summed E-state index contributed by atoms with van der Waals surface area (Å²) in [5, 5.41) is 0. The summed E-state index contributed by atoms with van der Waals surface area (Å²) in [6, 6.07) is 20.7. The van der Waals surface area contributed by atoms with Crippen LogP contribution in [0.4, 0.5) is 5.69 Å². The van der Waals surface area contributed by atoms with Crippen molar-refractivity contribution in [1.82, 2.24) is 4.90 Å². The fourth-order valence-corrected chi connectivity index (χ4v) is 4.33. The van der Waals surface area contributed by atoms with E-state index in [4.69, 9.17) is 4.74 Å². The molecule has 0 aliphatic heterocycles. The van der Waals surface area contributed by atoms with Crippen molar-refractivity contribution in [2.75, 3.05) is 18.4 Å².